The summed E-state index contributed by atoms with van der Waals surface area (Å²) >= 11 is 5.28. The summed E-state index contributed by atoms with van der Waals surface area (Å²) in [7, 11) is 0. The monoisotopic (exact) mass is 266 g/mol. The Morgan fingerprint density at radius 1 is 1.47 bits per heavy atom. The Morgan fingerprint density at radius 2 is 2.18 bits per heavy atom. The zero-order chi connectivity index (χ0) is 12.8. The molecule has 1 unspecified atom stereocenters. The van der Waals surface area contributed by atoms with Gasteiger partial charge in [-0.2, -0.15) is 8.78 Å². The van der Waals surface area contributed by atoms with E-state index in [0.717, 1.165) is 6.07 Å². The molecular weight excluding hydrogens is 258 g/mol. The third-order valence-electron chi connectivity index (χ3n) is 1.84. The highest BCUT2D eigenvalue weighted by molar-refractivity contribution is 6.17. The second-order valence-corrected chi connectivity index (χ2v) is 3.16. The van der Waals surface area contributed by atoms with Crippen LogP contribution in [0.1, 0.15) is 11.7 Å². The van der Waals surface area contributed by atoms with Gasteiger partial charge in [0.05, 0.1) is 0 Å². The fourth-order valence-corrected chi connectivity index (χ4v) is 1.35. The van der Waals surface area contributed by atoms with Crippen molar-refractivity contribution >= 4 is 17.6 Å². The largest absolute Gasteiger partial charge is 0.479 e. The summed E-state index contributed by atoms with van der Waals surface area (Å²) < 4.78 is 32.9. The van der Waals surface area contributed by atoms with Crippen LogP contribution in [-0.4, -0.2) is 23.8 Å². The van der Waals surface area contributed by atoms with Crippen LogP contribution >= 0.6 is 11.6 Å². The Hall–Kier alpha value is -1.40. The maximum Gasteiger partial charge on any atom is 0.387 e. The number of carboxylic acid groups (broad SMARTS) is 1. The Labute approximate surface area is 101 Å². The molecule has 0 radical (unpaired) electrons. The molecule has 94 valence electrons. The van der Waals surface area contributed by atoms with Crippen LogP contribution in [0.3, 0.4) is 0 Å². The molecule has 17 heavy (non-hydrogen) atoms. The molecule has 0 aliphatic carbocycles. The van der Waals surface area contributed by atoms with Gasteiger partial charge in [-0.05, 0) is 17.7 Å². The predicted octanol–water partition coefficient (Wildman–Crippen LogP) is 2.63. The molecule has 1 atom stereocenters. The van der Waals surface area contributed by atoms with Crippen LogP contribution < -0.4 is 4.74 Å². The minimum absolute atomic E-state index is 0.137. The first-order valence-corrected chi connectivity index (χ1v) is 5.03. The normalized spacial score (nSPS) is 12.5. The predicted molar refractivity (Wildman–Crippen MR) is 55.3 cm³/mol. The van der Waals surface area contributed by atoms with Gasteiger partial charge in [0.25, 0.3) is 0 Å². The van der Waals surface area contributed by atoms with E-state index in [1.54, 1.807) is 0 Å². The number of alkyl halides is 3. The van der Waals surface area contributed by atoms with Crippen molar-refractivity contribution in [1.82, 2.24) is 0 Å². The summed E-state index contributed by atoms with van der Waals surface area (Å²) in [5.41, 5.74) is 0.177. The zero-order valence-corrected chi connectivity index (χ0v) is 9.23. The number of ether oxygens (including phenoxy) is 2. The molecule has 0 saturated carbocycles. The standard InChI is InChI=1S/C10H9ClF2O4/c11-5-16-8(9(14)15)6-2-1-3-7(4-6)17-10(12)13/h1-4,8,10H,5H2,(H,14,15). The van der Waals surface area contributed by atoms with E-state index in [1.165, 1.54) is 18.2 Å². The maximum atomic E-state index is 12.0. The Kier molecular flexibility index (Phi) is 5.11. The number of hydrogen-bond donors (Lipinski definition) is 1. The maximum absolute atomic E-state index is 12.0. The fourth-order valence-electron chi connectivity index (χ4n) is 1.23. The van der Waals surface area contributed by atoms with Crippen molar-refractivity contribution in [2.75, 3.05) is 6.07 Å². The first-order valence-electron chi connectivity index (χ1n) is 4.49. The molecule has 0 fully saturated rings. The van der Waals surface area contributed by atoms with Gasteiger partial charge in [0.1, 0.15) is 11.8 Å². The molecule has 1 aromatic rings. The van der Waals surface area contributed by atoms with Gasteiger partial charge in [0.15, 0.2) is 6.10 Å². The first-order chi connectivity index (χ1) is 8.04. The average Bonchev–Trinajstić information content (AvgIpc) is 2.24. The topological polar surface area (TPSA) is 55.8 Å². The van der Waals surface area contributed by atoms with E-state index in [1.807, 2.05) is 0 Å². The summed E-state index contributed by atoms with van der Waals surface area (Å²) in [5, 5.41) is 8.86. The van der Waals surface area contributed by atoms with Crippen molar-refractivity contribution in [1.29, 1.82) is 0 Å². The second kappa shape index (κ2) is 6.36. The molecule has 4 nitrogen and oxygen atoms in total. The molecular formula is C10H9ClF2O4. The van der Waals surface area contributed by atoms with Crippen LogP contribution in [0, 0.1) is 0 Å². The van der Waals surface area contributed by atoms with Gasteiger partial charge in [-0.15, -0.1) is 0 Å². The average molecular weight is 267 g/mol. The SMILES string of the molecule is O=C(O)C(OCCl)c1cccc(OC(F)F)c1. The molecule has 0 saturated heterocycles. The summed E-state index contributed by atoms with van der Waals surface area (Å²) in [4.78, 5) is 10.9. The molecule has 1 N–H and O–H groups in total. The summed E-state index contributed by atoms with van der Waals surface area (Å²) in [6, 6.07) is 4.94. The Balaban J connectivity index is 2.91. The lowest BCUT2D eigenvalue weighted by Crippen LogP contribution is -2.15. The van der Waals surface area contributed by atoms with Crippen molar-refractivity contribution < 1.29 is 28.2 Å². The minimum Gasteiger partial charge on any atom is -0.479 e. The number of rotatable bonds is 6. The van der Waals surface area contributed by atoms with E-state index in [-0.39, 0.29) is 17.4 Å². The van der Waals surface area contributed by atoms with Crippen LogP contribution in [0.4, 0.5) is 8.78 Å². The molecule has 1 rings (SSSR count). The van der Waals surface area contributed by atoms with E-state index in [9.17, 15) is 13.6 Å². The number of benzene rings is 1. The number of aliphatic carboxylic acids is 1. The quantitative estimate of drug-likeness (QED) is 0.804. The van der Waals surface area contributed by atoms with Crippen LogP contribution in [-0.2, 0) is 9.53 Å². The van der Waals surface area contributed by atoms with Crippen molar-refractivity contribution in [2.24, 2.45) is 0 Å². The molecule has 0 heterocycles. The molecule has 0 bridgehead atoms. The molecule has 7 heteroatoms. The highest BCUT2D eigenvalue weighted by atomic mass is 35.5. The highest BCUT2D eigenvalue weighted by Crippen LogP contribution is 2.23. The number of halogens is 3. The van der Waals surface area contributed by atoms with Gasteiger partial charge in [-0.1, -0.05) is 23.7 Å². The summed E-state index contributed by atoms with van der Waals surface area (Å²) in [6.07, 6.45) is -1.31. The lowest BCUT2D eigenvalue weighted by Gasteiger charge is -2.13. The lowest BCUT2D eigenvalue weighted by molar-refractivity contribution is -0.149. The fraction of sp³-hybridized carbons (Fsp3) is 0.300. The molecule has 0 aromatic heterocycles. The second-order valence-electron chi connectivity index (χ2n) is 2.95. The van der Waals surface area contributed by atoms with Crippen molar-refractivity contribution in [3.05, 3.63) is 29.8 Å². The van der Waals surface area contributed by atoms with E-state index in [0.29, 0.717) is 0 Å². The Morgan fingerprint density at radius 3 is 2.71 bits per heavy atom. The summed E-state index contributed by atoms with van der Waals surface area (Å²) in [5.74, 6) is -1.40. The van der Waals surface area contributed by atoms with E-state index in [4.69, 9.17) is 21.4 Å². The number of hydrogen-bond acceptors (Lipinski definition) is 3. The first kappa shape index (κ1) is 13.7. The Bertz CT molecular complexity index is 386. The highest BCUT2D eigenvalue weighted by Gasteiger charge is 2.21. The van der Waals surface area contributed by atoms with Crippen LogP contribution in [0.15, 0.2) is 24.3 Å². The molecule has 0 spiro atoms. The zero-order valence-electron chi connectivity index (χ0n) is 8.48. The van der Waals surface area contributed by atoms with E-state index < -0.39 is 18.7 Å². The molecule has 0 amide bonds. The van der Waals surface area contributed by atoms with Crippen molar-refractivity contribution in [3.63, 3.8) is 0 Å². The lowest BCUT2D eigenvalue weighted by atomic mass is 10.1. The van der Waals surface area contributed by atoms with Crippen LogP contribution in [0.2, 0.25) is 0 Å². The van der Waals surface area contributed by atoms with E-state index >= 15 is 0 Å². The summed E-state index contributed by atoms with van der Waals surface area (Å²) in [6.45, 7) is -2.97. The van der Waals surface area contributed by atoms with Crippen LogP contribution in [0.25, 0.3) is 0 Å². The number of carboxylic acids is 1. The van der Waals surface area contributed by atoms with Gasteiger partial charge in [0, 0.05) is 0 Å². The van der Waals surface area contributed by atoms with Gasteiger partial charge < -0.3 is 14.6 Å². The third kappa shape index (κ3) is 4.16. The van der Waals surface area contributed by atoms with Gasteiger partial charge >= 0.3 is 12.6 Å². The minimum atomic E-state index is -2.97. The molecule has 0 aliphatic rings. The van der Waals surface area contributed by atoms with Crippen molar-refractivity contribution in [2.45, 2.75) is 12.7 Å². The van der Waals surface area contributed by atoms with Gasteiger partial charge in [0.2, 0.25) is 0 Å². The molecule has 0 aliphatic heterocycles. The third-order valence-corrected chi connectivity index (χ3v) is 1.97. The van der Waals surface area contributed by atoms with Crippen molar-refractivity contribution in [3.8, 4) is 5.75 Å². The smallest absolute Gasteiger partial charge is 0.387 e. The van der Waals surface area contributed by atoms with Crippen LogP contribution in [0.5, 0.6) is 5.75 Å². The van der Waals surface area contributed by atoms with Gasteiger partial charge in [-0.25, -0.2) is 4.79 Å². The van der Waals surface area contributed by atoms with E-state index in [2.05, 4.69) is 4.74 Å². The number of carbonyl (C=O) groups is 1. The van der Waals surface area contributed by atoms with Gasteiger partial charge in [-0.3, -0.25) is 0 Å². The molecule has 1 aromatic carbocycles.